The molecule has 0 spiro atoms. The number of nitrogens with zero attached hydrogens (tertiary/aromatic N) is 4. The molecule has 1 fully saturated rings. The van der Waals surface area contributed by atoms with Crippen LogP contribution in [0.5, 0.6) is 0 Å². The third kappa shape index (κ3) is 4.69. The van der Waals surface area contributed by atoms with Crippen LogP contribution in [0.2, 0.25) is 0 Å². The van der Waals surface area contributed by atoms with E-state index < -0.39 is 35.0 Å². The Morgan fingerprint density at radius 1 is 1.53 bits per heavy atom. The van der Waals surface area contributed by atoms with Gasteiger partial charge in [0.2, 0.25) is 0 Å². The van der Waals surface area contributed by atoms with Crippen LogP contribution in [-0.4, -0.2) is 44.4 Å². The molecule has 1 amide bonds. The highest BCUT2D eigenvalue weighted by molar-refractivity contribution is 7.99. The number of nitriles is 1. The summed E-state index contributed by atoms with van der Waals surface area (Å²) in [7, 11) is 0. The molecule has 160 valence electrons. The van der Waals surface area contributed by atoms with Crippen LogP contribution in [0.4, 0.5) is 18.0 Å². The normalized spacial score (nSPS) is 19.5. The Bertz CT molecular complexity index is 961. The monoisotopic (exact) mass is 458 g/mol. The zero-order valence-electron chi connectivity index (χ0n) is 15.9. The minimum absolute atomic E-state index is 0.0145. The SMILES string of the molecule is CC1(C)OC[C@H](C[C@@H](Sc2nc(C(F)(F)F)ccc2C#N)c2cncs2)N1C(=O)O. The molecule has 0 unspecified atom stereocenters. The topological polar surface area (TPSA) is 99.3 Å². The molecule has 2 aromatic heterocycles. The molecule has 1 aliphatic heterocycles. The third-order valence-electron chi connectivity index (χ3n) is 4.56. The standard InChI is InChI=1S/C18H17F3N4O3S2/c1-17(2)25(16(26)27)11(8-28-17)5-12(13-7-23-9-29-13)30-15-10(6-22)3-4-14(24-15)18(19,20)21/h3-4,7,9,11-12H,5,8H2,1-2H3,(H,26,27)/t11-,12+/m0/s1. The first-order valence-corrected chi connectivity index (χ1v) is 10.5. The Morgan fingerprint density at radius 2 is 2.27 bits per heavy atom. The van der Waals surface area contributed by atoms with Crippen LogP contribution in [0.3, 0.4) is 0 Å². The smallest absolute Gasteiger partial charge is 0.433 e. The summed E-state index contributed by atoms with van der Waals surface area (Å²) in [6.07, 6.45) is -3.96. The molecule has 3 heterocycles. The Balaban J connectivity index is 1.94. The van der Waals surface area contributed by atoms with Crippen LogP contribution in [0, 0.1) is 11.3 Å². The Hall–Kier alpha value is -2.36. The summed E-state index contributed by atoms with van der Waals surface area (Å²) < 4.78 is 45.0. The fourth-order valence-electron chi connectivity index (χ4n) is 3.21. The average Bonchev–Trinajstić information content (AvgIpc) is 3.28. The number of thioether (sulfide) groups is 1. The van der Waals surface area contributed by atoms with Crippen molar-refractivity contribution in [1.82, 2.24) is 14.9 Å². The lowest BCUT2D eigenvalue weighted by atomic mass is 10.1. The van der Waals surface area contributed by atoms with Gasteiger partial charge in [0.25, 0.3) is 0 Å². The molecule has 0 aliphatic carbocycles. The molecule has 0 bridgehead atoms. The maximum absolute atomic E-state index is 13.1. The lowest BCUT2D eigenvalue weighted by molar-refractivity contribution is -0.141. The van der Waals surface area contributed by atoms with Crippen molar-refractivity contribution in [3.8, 4) is 6.07 Å². The van der Waals surface area contributed by atoms with E-state index in [1.807, 2.05) is 6.07 Å². The summed E-state index contributed by atoms with van der Waals surface area (Å²) in [5.41, 5.74) is -0.520. The van der Waals surface area contributed by atoms with Crippen molar-refractivity contribution in [2.75, 3.05) is 6.61 Å². The molecular formula is C18H17F3N4O3S2. The second-order valence-corrected chi connectivity index (χ2v) is 9.08. The van der Waals surface area contributed by atoms with Gasteiger partial charge < -0.3 is 9.84 Å². The number of carbonyl (C=O) groups is 1. The summed E-state index contributed by atoms with van der Waals surface area (Å²) in [4.78, 5) is 21.4. The highest BCUT2D eigenvalue weighted by atomic mass is 32.2. The first kappa shape index (κ1) is 22.3. The number of thiazole rings is 1. The molecule has 0 saturated carbocycles. The molecule has 1 aliphatic rings. The number of aromatic nitrogens is 2. The number of pyridine rings is 1. The summed E-state index contributed by atoms with van der Waals surface area (Å²) in [6, 6.07) is 3.20. The van der Waals surface area contributed by atoms with Crippen molar-refractivity contribution in [2.45, 2.75) is 48.5 Å². The number of rotatable bonds is 5. The molecule has 0 radical (unpaired) electrons. The molecular weight excluding hydrogens is 441 g/mol. The molecule has 2 aromatic rings. The van der Waals surface area contributed by atoms with Crippen LogP contribution < -0.4 is 0 Å². The van der Waals surface area contributed by atoms with Crippen molar-refractivity contribution < 1.29 is 27.8 Å². The predicted octanol–water partition coefficient (Wildman–Crippen LogP) is 4.77. The van der Waals surface area contributed by atoms with Gasteiger partial charge in [-0.2, -0.15) is 18.4 Å². The second-order valence-electron chi connectivity index (χ2n) is 6.97. The maximum atomic E-state index is 13.1. The molecule has 12 heteroatoms. The quantitative estimate of drug-likeness (QED) is 0.645. The molecule has 7 nitrogen and oxygen atoms in total. The van der Waals surface area contributed by atoms with Crippen molar-refractivity contribution in [3.05, 3.63) is 40.0 Å². The summed E-state index contributed by atoms with van der Waals surface area (Å²) >= 11 is 2.29. The fraction of sp³-hybridized carbons (Fsp3) is 0.444. The summed E-state index contributed by atoms with van der Waals surface area (Å²) in [6.45, 7) is 3.42. The number of hydrogen-bond donors (Lipinski definition) is 1. The minimum Gasteiger partial charge on any atom is -0.465 e. The van der Waals surface area contributed by atoms with Gasteiger partial charge in [-0.15, -0.1) is 11.3 Å². The van der Waals surface area contributed by atoms with E-state index in [9.17, 15) is 28.3 Å². The Kier molecular flexibility index (Phi) is 6.26. The van der Waals surface area contributed by atoms with E-state index in [-0.39, 0.29) is 23.6 Å². The van der Waals surface area contributed by atoms with E-state index in [1.165, 1.54) is 16.2 Å². The first-order valence-electron chi connectivity index (χ1n) is 8.72. The fourth-order valence-corrected chi connectivity index (χ4v) is 5.29. The van der Waals surface area contributed by atoms with E-state index in [0.29, 0.717) is 0 Å². The van der Waals surface area contributed by atoms with Crippen LogP contribution in [0.1, 0.15) is 41.7 Å². The van der Waals surface area contributed by atoms with Crippen molar-refractivity contribution in [1.29, 1.82) is 5.26 Å². The van der Waals surface area contributed by atoms with Gasteiger partial charge in [-0.3, -0.25) is 9.88 Å². The third-order valence-corrected chi connectivity index (χ3v) is 6.86. The van der Waals surface area contributed by atoms with E-state index in [0.717, 1.165) is 28.8 Å². The predicted molar refractivity (Wildman–Crippen MR) is 103 cm³/mol. The Labute approximate surface area is 178 Å². The summed E-state index contributed by atoms with van der Waals surface area (Å²) in [5.74, 6) is 0. The van der Waals surface area contributed by atoms with Gasteiger partial charge in [-0.05, 0) is 32.4 Å². The number of ether oxygens (including phenoxy) is 1. The maximum Gasteiger partial charge on any atom is 0.433 e. The van der Waals surface area contributed by atoms with Gasteiger partial charge in [-0.25, -0.2) is 9.78 Å². The van der Waals surface area contributed by atoms with Crippen LogP contribution >= 0.6 is 23.1 Å². The van der Waals surface area contributed by atoms with Crippen molar-refractivity contribution in [2.24, 2.45) is 0 Å². The highest BCUT2D eigenvalue weighted by Gasteiger charge is 2.45. The van der Waals surface area contributed by atoms with E-state index in [1.54, 1.807) is 25.6 Å². The van der Waals surface area contributed by atoms with Gasteiger partial charge in [0.1, 0.15) is 22.5 Å². The number of carboxylic acid groups (broad SMARTS) is 1. The Morgan fingerprint density at radius 3 is 2.83 bits per heavy atom. The zero-order chi connectivity index (χ0) is 22.1. The minimum atomic E-state index is -4.65. The van der Waals surface area contributed by atoms with Crippen molar-refractivity contribution in [3.63, 3.8) is 0 Å². The summed E-state index contributed by atoms with van der Waals surface area (Å²) in [5, 5.41) is 18.4. The van der Waals surface area contributed by atoms with Gasteiger partial charge in [0.15, 0.2) is 0 Å². The largest absolute Gasteiger partial charge is 0.465 e. The molecule has 1 N–H and O–H groups in total. The molecule has 1 saturated heterocycles. The highest BCUT2D eigenvalue weighted by Crippen LogP contribution is 2.44. The van der Waals surface area contributed by atoms with Gasteiger partial charge in [-0.1, -0.05) is 11.8 Å². The van der Waals surface area contributed by atoms with Crippen LogP contribution in [-0.2, 0) is 10.9 Å². The number of alkyl halides is 3. The van der Waals surface area contributed by atoms with Gasteiger partial charge >= 0.3 is 12.3 Å². The molecule has 30 heavy (non-hydrogen) atoms. The average molecular weight is 458 g/mol. The second kappa shape index (κ2) is 8.41. The van der Waals surface area contributed by atoms with Gasteiger partial charge in [0, 0.05) is 16.3 Å². The van der Waals surface area contributed by atoms with Crippen molar-refractivity contribution >= 4 is 29.2 Å². The van der Waals surface area contributed by atoms with E-state index in [2.05, 4.69) is 9.97 Å². The lowest BCUT2D eigenvalue weighted by Crippen LogP contribution is -2.47. The molecule has 2 atom stereocenters. The van der Waals surface area contributed by atoms with Crippen LogP contribution in [0.25, 0.3) is 0 Å². The van der Waals surface area contributed by atoms with Crippen LogP contribution in [0.15, 0.2) is 28.9 Å². The van der Waals surface area contributed by atoms with E-state index in [4.69, 9.17) is 4.74 Å². The molecule has 3 rings (SSSR count). The zero-order valence-corrected chi connectivity index (χ0v) is 17.5. The lowest BCUT2D eigenvalue weighted by Gasteiger charge is -2.32. The first-order chi connectivity index (χ1) is 14.0. The van der Waals surface area contributed by atoms with Gasteiger partial charge in [0.05, 0.1) is 23.7 Å². The number of hydrogen-bond acceptors (Lipinski definition) is 7. The van der Waals surface area contributed by atoms with E-state index >= 15 is 0 Å². The number of amides is 1. The number of halogens is 3. The molecule has 0 aromatic carbocycles.